The van der Waals surface area contributed by atoms with Gasteiger partial charge in [-0.3, -0.25) is 4.79 Å². The summed E-state index contributed by atoms with van der Waals surface area (Å²) in [7, 11) is 0. The molecule has 1 spiro atoms. The molecule has 0 aromatic heterocycles. The number of hydrogen-bond acceptors (Lipinski definition) is 4. The van der Waals surface area contributed by atoms with E-state index in [2.05, 4.69) is 6.07 Å². The fourth-order valence-corrected chi connectivity index (χ4v) is 4.89. The van der Waals surface area contributed by atoms with Crippen molar-refractivity contribution in [1.82, 2.24) is 4.90 Å². The van der Waals surface area contributed by atoms with Crippen LogP contribution in [0.25, 0.3) is 0 Å². The monoisotopic (exact) mass is 385 g/mol. The molecule has 1 amide bonds. The van der Waals surface area contributed by atoms with Crippen LogP contribution in [0.4, 0.5) is 0 Å². The van der Waals surface area contributed by atoms with E-state index < -0.39 is 0 Å². The zero-order valence-corrected chi connectivity index (χ0v) is 16.7. The fourth-order valence-electron chi connectivity index (χ4n) is 4.89. The van der Waals surface area contributed by atoms with E-state index in [1.54, 1.807) is 0 Å². The van der Waals surface area contributed by atoms with Gasteiger partial charge in [0, 0.05) is 19.8 Å². The van der Waals surface area contributed by atoms with Gasteiger partial charge < -0.3 is 19.1 Å². The molecule has 3 fully saturated rings. The highest BCUT2D eigenvalue weighted by Crippen LogP contribution is 2.42. The lowest BCUT2D eigenvalue weighted by Gasteiger charge is -2.50. The highest BCUT2D eigenvalue weighted by molar-refractivity contribution is 5.80. The molecule has 3 heterocycles. The minimum atomic E-state index is -0.109. The molecule has 3 aliphatic heterocycles. The summed E-state index contributed by atoms with van der Waals surface area (Å²) in [5, 5.41) is 0. The smallest absolute Gasteiger partial charge is 0.227 e. The van der Waals surface area contributed by atoms with Gasteiger partial charge in [-0.25, -0.2) is 0 Å². The molecule has 1 saturated carbocycles. The predicted molar refractivity (Wildman–Crippen MR) is 105 cm³/mol. The van der Waals surface area contributed by atoms with Crippen LogP contribution in [0.15, 0.2) is 18.2 Å². The Hall–Kier alpha value is -1.59. The topological polar surface area (TPSA) is 48.0 Å². The molecule has 152 valence electrons. The van der Waals surface area contributed by atoms with Crippen molar-refractivity contribution in [3.63, 3.8) is 0 Å². The lowest BCUT2D eigenvalue weighted by atomic mass is 9.79. The van der Waals surface area contributed by atoms with E-state index in [4.69, 9.17) is 14.2 Å². The van der Waals surface area contributed by atoms with Gasteiger partial charge in [0.25, 0.3) is 0 Å². The van der Waals surface area contributed by atoms with E-state index in [0.717, 1.165) is 82.4 Å². The lowest BCUT2D eigenvalue weighted by Crippen LogP contribution is -2.66. The van der Waals surface area contributed by atoms with Crippen LogP contribution in [0.5, 0.6) is 5.75 Å². The van der Waals surface area contributed by atoms with Crippen molar-refractivity contribution in [2.45, 2.75) is 50.5 Å². The largest absolute Gasteiger partial charge is 0.493 e. The molecule has 1 unspecified atom stereocenters. The molecular weight excluding hydrogens is 354 g/mol. The van der Waals surface area contributed by atoms with E-state index in [1.165, 1.54) is 18.4 Å². The number of fused-ring (bicyclic) bond motifs is 1. The van der Waals surface area contributed by atoms with Crippen LogP contribution in [-0.2, 0) is 27.1 Å². The third-order valence-corrected chi connectivity index (χ3v) is 6.86. The Morgan fingerprint density at radius 1 is 1.21 bits per heavy atom. The van der Waals surface area contributed by atoms with Gasteiger partial charge in [0.05, 0.1) is 26.1 Å². The summed E-state index contributed by atoms with van der Waals surface area (Å²) in [5.41, 5.74) is 2.22. The highest BCUT2D eigenvalue weighted by Gasteiger charge is 2.53. The van der Waals surface area contributed by atoms with Crippen molar-refractivity contribution in [2.24, 2.45) is 11.8 Å². The lowest BCUT2D eigenvalue weighted by molar-refractivity contribution is -0.165. The fraction of sp³-hybridized carbons (Fsp3) is 0.696. The maximum Gasteiger partial charge on any atom is 0.227 e. The van der Waals surface area contributed by atoms with Crippen LogP contribution in [0.3, 0.4) is 0 Å². The van der Waals surface area contributed by atoms with Gasteiger partial charge in [0.15, 0.2) is 0 Å². The summed E-state index contributed by atoms with van der Waals surface area (Å²) < 4.78 is 17.6. The maximum atomic E-state index is 12.8. The number of likely N-dealkylation sites (tertiary alicyclic amines) is 1. The van der Waals surface area contributed by atoms with Gasteiger partial charge in [-0.05, 0) is 67.6 Å². The van der Waals surface area contributed by atoms with Crippen LogP contribution < -0.4 is 4.74 Å². The number of benzene rings is 1. The van der Waals surface area contributed by atoms with Gasteiger partial charge in [-0.2, -0.15) is 0 Å². The average molecular weight is 386 g/mol. The number of aryl methyl sites for hydroxylation is 1. The number of amides is 1. The van der Waals surface area contributed by atoms with Crippen molar-refractivity contribution in [3.05, 3.63) is 29.3 Å². The molecule has 2 saturated heterocycles. The number of carbonyl (C=O) groups excluding carboxylic acids is 1. The molecule has 5 rings (SSSR count). The minimum absolute atomic E-state index is 0.109. The van der Waals surface area contributed by atoms with Gasteiger partial charge in [0.2, 0.25) is 5.91 Å². The highest BCUT2D eigenvalue weighted by atomic mass is 16.5. The Morgan fingerprint density at radius 2 is 2.11 bits per heavy atom. The summed E-state index contributed by atoms with van der Waals surface area (Å²) in [6, 6.07) is 6.20. The molecule has 5 nitrogen and oxygen atoms in total. The van der Waals surface area contributed by atoms with Crippen LogP contribution in [-0.4, -0.2) is 55.9 Å². The zero-order valence-electron chi connectivity index (χ0n) is 16.7. The third-order valence-electron chi connectivity index (χ3n) is 6.86. The Bertz CT molecular complexity index is 723. The van der Waals surface area contributed by atoms with E-state index in [1.807, 2.05) is 17.0 Å². The van der Waals surface area contributed by atoms with Crippen LogP contribution in [0.1, 0.15) is 43.2 Å². The van der Waals surface area contributed by atoms with Gasteiger partial charge in [-0.1, -0.05) is 12.1 Å². The first-order chi connectivity index (χ1) is 13.7. The van der Waals surface area contributed by atoms with Crippen LogP contribution in [0.2, 0.25) is 0 Å². The summed E-state index contributed by atoms with van der Waals surface area (Å²) in [4.78, 5) is 14.7. The predicted octanol–water partition coefficient (Wildman–Crippen LogP) is 2.99. The first-order valence-electron chi connectivity index (χ1n) is 11.0. The summed E-state index contributed by atoms with van der Waals surface area (Å²) >= 11 is 0. The molecule has 0 N–H and O–H groups in total. The summed E-state index contributed by atoms with van der Waals surface area (Å²) in [6.45, 7) is 4.86. The van der Waals surface area contributed by atoms with Crippen LogP contribution in [0, 0.1) is 11.8 Å². The standard InChI is InChI=1S/C23H31NO4/c25-22(13-18-5-6-21-19(12-18)2-1-9-27-21)24-15-23(16-24)20(8-11-28-23)7-10-26-14-17-3-4-17/h5-6,12,17,20H,1-4,7-11,13-16H2. The molecular formula is C23H31NO4. The maximum absolute atomic E-state index is 12.8. The third kappa shape index (κ3) is 3.79. The van der Waals surface area contributed by atoms with E-state index in [9.17, 15) is 4.79 Å². The summed E-state index contributed by atoms with van der Waals surface area (Å²) in [6.07, 6.45) is 7.40. The molecule has 1 aliphatic carbocycles. The molecule has 28 heavy (non-hydrogen) atoms. The van der Waals surface area contributed by atoms with Gasteiger partial charge in [0.1, 0.15) is 11.4 Å². The van der Waals surface area contributed by atoms with Crippen molar-refractivity contribution in [3.8, 4) is 5.75 Å². The van der Waals surface area contributed by atoms with Gasteiger partial charge >= 0.3 is 0 Å². The second-order valence-electron chi connectivity index (χ2n) is 9.03. The number of nitrogens with zero attached hydrogens (tertiary/aromatic N) is 1. The number of ether oxygens (including phenoxy) is 3. The van der Waals surface area contributed by atoms with E-state index >= 15 is 0 Å². The molecule has 4 aliphatic rings. The Kier molecular flexibility index (Phi) is 5.06. The van der Waals surface area contributed by atoms with Crippen molar-refractivity contribution in [1.29, 1.82) is 0 Å². The van der Waals surface area contributed by atoms with Crippen molar-refractivity contribution < 1.29 is 19.0 Å². The van der Waals surface area contributed by atoms with Crippen molar-refractivity contribution >= 4 is 5.91 Å². The zero-order chi connectivity index (χ0) is 19.0. The van der Waals surface area contributed by atoms with E-state index in [0.29, 0.717) is 12.3 Å². The van der Waals surface area contributed by atoms with Gasteiger partial charge in [-0.15, -0.1) is 0 Å². The Balaban J connectivity index is 1.12. The summed E-state index contributed by atoms with van der Waals surface area (Å²) in [5.74, 6) is 2.54. The van der Waals surface area contributed by atoms with Crippen LogP contribution >= 0.6 is 0 Å². The average Bonchev–Trinajstić information content (AvgIpc) is 3.41. The number of carbonyl (C=O) groups is 1. The van der Waals surface area contributed by atoms with Crippen molar-refractivity contribution in [2.75, 3.05) is 39.5 Å². The Morgan fingerprint density at radius 3 is 2.96 bits per heavy atom. The molecule has 0 radical (unpaired) electrons. The second-order valence-corrected chi connectivity index (χ2v) is 9.03. The first kappa shape index (κ1) is 18.4. The molecule has 1 aromatic carbocycles. The Labute approximate surface area is 167 Å². The molecule has 0 bridgehead atoms. The minimum Gasteiger partial charge on any atom is -0.493 e. The first-order valence-corrected chi connectivity index (χ1v) is 11.0. The molecule has 5 heteroatoms. The number of hydrogen-bond donors (Lipinski definition) is 0. The molecule has 1 atom stereocenters. The second kappa shape index (κ2) is 7.68. The SMILES string of the molecule is O=C(Cc1ccc2c(c1)CCCO2)N1CC2(C1)OCCC2CCOCC1CC1. The number of rotatable bonds is 7. The normalized spacial score (nSPS) is 25.3. The quantitative estimate of drug-likeness (QED) is 0.677. The van der Waals surface area contributed by atoms with E-state index in [-0.39, 0.29) is 11.5 Å². The molecule has 1 aromatic rings.